The van der Waals surface area contributed by atoms with E-state index in [1.807, 2.05) is 24.0 Å². The summed E-state index contributed by atoms with van der Waals surface area (Å²) in [5.74, 6) is 0.212. The van der Waals surface area contributed by atoms with Gasteiger partial charge >= 0.3 is 0 Å². The van der Waals surface area contributed by atoms with Crippen LogP contribution in [0.2, 0.25) is 0 Å². The molecule has 4 heteroatoms. The van der Waals surface area contributed by atoms with Gasteiger partial charge in [0.1, 0.15) is 0 Å². The Morgan fingerprint density at radius 2 is 2.32 bits per heavy atom. The highest BCUT2D eigenvalue weighted by Gasteiger charge is 2.27. The monoisotopic (exact) mass is 302 g/mol. The molecule has 1 aromatic rings. The highest BCUT2D eigenvalue weighted by molar-refractivity contribution is 5.95. The average molecular weight is 302 g/mol. The molecule has 120 valence electrons. The zero-order valence-corrected chi connectivity index (χ0v) is 13.3. The molecule has 2 unspecified atom stereocenters. The van der Waals surface area contributed by atoms with Crippen LogP contribution in [0.25, 0.3) is 0 Å². The van der Waals surface area contributed by atoms with Crippen molar-refractivity contribution in [1.29, 1.82) is 0 Å². The van der Waals surface area contributed by atoms with Crippen LogP contribution in [0.15, 0.2) is 18.2 Å². The molecule has 1 fully saturated rings. The van der Waals surface area contributed by atoms with E-state index in [0.717, 1.165) is 43.6 Å². The van der Waals surface area contributed by atoms with E-state index in [1.165, 1.54) is 18.4 Å². The number of nitrogens with one attached hydrogen (secondary N) is 1. The van der Waals surface area contributed by atoms with Gasteiger partial charge in [-0.05, 0) is 49.4 Å². The van der Waals surface area contributed by atoms with Gasteiger partial charge in [-0.2, -0.15) is 0 Å². The fraction of sp³-hybridized carbons (Fsp3) is 0.611. The van der Waals surface area contributed by atoms with E-state index in [4.69, 9.17) is 0 Å². The average Bonchev–Trinajstić information content (AvgIpc) is 2.98. The second-order valence-corrected chi connectivity index (χ2v) is 6.43. The topological polar surface area (TPSA) is 52.6 Å². The van der Waals surface area contributed by atoms with Crippen LogP contribution in [0.4, 0.5) is 5.69 Å². The Bertz CT molecular complexity index is 538. The molecular weight excluding hydrogens is 276 g/mol. The Morgan fingerprint density at radius 1 is 1.45 bits per heavy atom. The highest BCUT2D eigenvalue weighted by Crippen LogP contribution is 2.32. The molecule has 1 aromatic carbocycles. The maximum Gasteiger partial charge on any atom is 0.226 e. The Labute approximate surface area is 132 Å². The molecule has 2 heterocycles. The minimum absolute atomic E-state index is 0.158. The molecular formula is C18H26N2O2. The summed E-state index contributed by atoms with van der Waals surface area (Å²) in [6.07, 6.45) is 5.33. The molecule has 1 amide bonds. The molecule has 0 bridgehead atoms. The Balaban J connectivity index is 1.76. The molecule has 22 heavy (non-hydrogen) atoms. The van der Waals surface area contributed by atoms with Crippen LogP contribution in [0.1, 0.15) is 56.3 Å². The van der Waals surface area contributed by atoms with Crippen molar-refractivity contribution in [2.75, 3.05) is 18.0 Å². The minimum Gasteiger partial charge on any atom is -0.387 e. The van der Waals surface area contributed by atoms with Crippen molar-refractivity contribution in [3.63, 3.8) is 0 Å². The summed E-state index contributed by atoms with van der Waals surface area (Å²) in [4.78, 5) is 14.0. The number of rotatable bonds is 4. The standard InChI is InChI=1S/C18H26N2O2/c1-2-5-17(21)20-11-9-13-12-14(7-8-16(13)20)18(22)15-6-3-4-10-19-15/h7-8,12,15,18-19,22H,2-6,9-11H2,1H3. The van der Waals surface area contributed by atoms with Gasteiger partial charge in [0.25, 0.3) is 0 Å². The molecule has 3 rings (SSSR count). The molecule has 0 spiro atoms. The summed E-state index contributed by atoms with van der Waals surface area (Å²) >= 11 is 0. The third-order valence-corrected chi connectivity index (χ3v) is 4.84. The van der Waals surface area contributed by atoms with Crippen molar-refractivity contribution in [2.45, 2.75) is 57.6 Å². The number of carbonyl (C=O) groups excluding carboxylic acids is 1. The van der Waals surface area contributed by atoms with Gasteiger partial charge < -0.3 is 15.3 Å². The number of aliphatic hydroxyl groups excluding tert-OH is 1. The number of anilines is 1. The molecule has 1 saturated heterocycles. The summed E-state index contributed by atoms with van der Waals surface area (Å²) in [7, 11) is 0. The first-order valence-electron chi connectivity index (χ1n) is 8.55. The Morgan fingerprint density at radius 3 is 3.05 bits per heavy atom. The van der Waals surface area contributed by atoms with Crippen LogP contribution >= 0.6 is 0 Å². The summed E-state index contributed by atoms with van der Waals surface area (Å²) in [5.41, 5.74) is 3.20. The molecule has 4 nitrogen and oxygen atoms in total. The Kier molecular flexibility index (Phi) is 4.79. The first kappa shape index (κ1) is 15.5. The van der Waals surface area contributed by atoms with Crippen molar-refractivity contribution in [3.8, 4) is 0 Å². The van der Waals surface area contributed by atoms with Gasteiger partial charge in [0, 0.05) is 24.7 Å². The predicted octanol–water partition coefficient (Wildman–Crippen LogP) is 2.55. The van der Waals surface area contributed by atoms with Gasteiger partial charge in [-0.25, -0.2) is 0 Å². The molecule has 2 aliphatic rings. The van der Waals surface area contributed by atoms with Crippen molar-refractivity contribution >= 4 is 11.6 Å². The molecule has 2 atom stereocenters. The van der Waals surface area contributed by atoms with Crippen molar-refractivity contribution in [3.05, 3.63) is 29.3 Å². The molecule has 0 aromatic heterocycles. The number of piperidine rings is 1. The van der Waals surface area contributed by atoms with E-state index < -0.39 is 6.10 Å². The van der Waals surface area contributed by atoms with Crippen LogP contribution in [0, 0.1) is 0 Å². The normalized spacial score (nSPS) is 22.5. The number of fused-ring (bicyclic) bond motifs is 1. The smallest absolute Gasteiger partial charge is 0.226 e. The lowest BCUT2D eigenvalue weighted by molar-refractivity contribution is -0.118. The van der Waals surface area contributed by atoms with E-state index in [2.05, 4.69) is 11.4 Å². The third-order valence-electron chi connectivity index (χ3n) is 4.84. The molecule has 0 aliphatic carbocycles. The molecule has 2 N–H and O–H groups in total. The van der Waals surface area contributed by atoms with Crippen LogP contribution in [-0.2, 0) is 11.2 Å². The zero-order valence-electron chi connectivity index (χ0n) is 13.3. The predicted molar refractivity (Wildman–Crippen MR) is 88.0 cm³/mol. The number of benzene rings is 1. The highest BCUT2D eigenvalue weighted by atomic mass is 16.3. The second kappa shape index (κ2) is 6.80. The van der Waals surface area contributed by atoms with Gasteiger partial charge in [0.2, 0.25) is 5.91 Å². The zero-order chi connectivity index (χ0) is 15.5. The van der Waals surface area contributed by atoms with Crippen LogP contribution in [-0.4, -0.2) is 30.1 Å². The number of carbonyl (C=O) groups is 1. The van der Waals surface area contributed by atoms with Crippen LogP contribution in [0.5, 0.6) is 0 Å². The van der Waals surface area contributed by atoms with Gasteiger partial charge in [-0.1, -0.05) is 25.5 Å². The van der Waals surface area contributed by atoms with Gasteiger partial charge in [0.05, 0.1) is 6.10 Å². The minimum atomic E-state index is -0.453. The maximum atomic E-state index is 12.1. The quantitative estimate of drug-likeness (QED) is 0.899. The van der Waals surface area contributed by atoms with E-state index >= 15 is 0 Å². The summed E-state index contributed by atoms with van der Waals surface area (Å²) < 4.78 is 0. The Hall–Kier alpha value is -1.39. The molecule has 2 aliphatic heterocycles. The van der Waals surface area contributed by atoms with E-state index in [9.17, 15) is 9.90 Å². The summed E-state index contributed by atoms with van der Waals surface area (Å²) in [6.45, 7) is 3.80. The van der Waals surface area contributed by atoms with E-state index in [-0.39, 0.29) is 11.9 Å². The van der Waals surface area contributed by atoms with Crippen molar-refractivity contribution in [2.24, 2.45) is 0 Å². The second-order valence-electron chi connectivity index (χ2n) is 6.43. The lowest BCUT2D eigenvalue weighted by Crippen LogP contribution is -2.38. The van der Waals surface area contributed by atoms with E-state index in [0.29, 0.717) is 6.42 Å². The summed E-state index contributed by atoms with van der Waals surface area (Å²) in [6, 6.07) is 6.25. The number of hydrogen-bond donors (Lipinski definition) is 2. The number of amides is 1. The SMILES string of the molecule is CCCC(=O)N1CCc2cc(C(O)C3CCCCN3)ccc21. The van der Waals surface area contributed by atoms with Crippen molar-refractivity contribution < 1.29 is 9.90 Å². The van der Waals surface area contributed by atoms with Gasteiger partial charge in [0.15, 0.2) is 0 Å². The molecule has 0 radical (unpaired) electrons. The fourth-order valence-corrected chi connectivity index (χ4v) is 3.59. The number of hydrogen-bond acceptors (Lipinski definition) is 3. The first-order valence-corrected chi connectivity index (χ1v) is 8.55. The lowest BCUT2D eigenvalue weighted by atomic mass is 9.93. The van der Waals surface area contributed by atoms with E-state index in [1.54, 1.807) is 0 Å². The largest absolute Gasteiger partial charge is 0.387 e. The number of nitrogens with zero attached hydrogens (tertiary/aromatic N) is 1. The first-order chi connectivity index (χ1) is 10.7. The fourth-order valence-electron chi connectivity index (χ4n) is 3.59. The lowest BCUT2D eigenvalue weighted by Gasteiger charge is -2.28. The maximum absolute atomic E-state index is 12.1. The molecule has 0 saturated carbocycles. The van der Waals surface area contributed by atoms with Crippen LogP contribution in [0.3, 0.4) is 0 Å². The van der Waals surface area contributed by atoms with Crippen molar-refractivity contribution in [1.82, 2.24) is 5.32 Å². The van der Waals surface area contributed by atoms with Gasteiger partial charge in [-0.3, -0.25) is 4.79 Å². The van der Waals surface area contributed by atoms with Crippen LogP contribution < -0.4 is 10.2 Å². The summed E-state index contributed by atoms with van der Waals surface area (Å²) in [5, 5.41) is 14.0. The third kappa shape index (κ3) is 3.03. The number of aliphatic hydroxyl groups is 1. The van der Waals surface area contributed by atoms with Gasteiger partial charge in [-0.15, -0.1) is 0 Å².